The molecule has 0 aromatic heterocycles. The highest BCUT2D eigenvalue weighted by atomic mass is 19.4. The number of benzene rings is 1. The molecule has 1 unspecified atom stereocenters. The zero-order valence-electron chi connectivity index (χ0n) is 11.7. The number of hydrogen-bond donors (Lipinski definition) is 2. The zero-order valence-corrected chi connectivity index (χ0v) is 11.7. The highest BCUT2D eigenvalue weighted by Gasteiger charge is 2.31. The number of alkyl halides is 3. The van der Waals surface area contributed by atoms with Gasteiger partial charge in [-0.05, 0) is 24.1 Å². The largest absolute Gasteiger partial charge is 0.573 e. The average Bonchev–Trinajstić information content (AvgIpc) is 2.41. The topological polar surface area (TPSA) is 65.7 Å². The molecule has 0 fully saturated rings. The van der Waals surface area contributed by atoms with Gasteiger partial charge in [0.1, 0.15) is 5.75 Å². The fourth-order valence-corrected chi connectivity index (χ4v) is 1.72. The van der Waals surface area contributed by atoms with Gasteiger partial charge in [0.15, 0.2) is 0 Å². The van der Waals surface area contributed by atoms with Crippen LogP contribution in [0, 0.1) is 0 Å². The normalized spacial score (nSPS) is 13.2. The molecule has 0 bridgehead atoms. The third kappa shape index (κ3) is 7.28. The van der Waals surface area contributed by atoms with E-state index in [2.05, 4.69) is 10.2 Å². The molecule has 0 aliphatic heterocycles. The van der Waals surface area contributed by atoms with Crippen LogP contribution in [0.25, 0.3) is 0 Å². The van der Waals surface area contributed by atoms with Gasteiger partial charge in [-0.2, -0.15) is 0 Å². The molecule has 1 aromatic rings. The molecule has 0 amide bonds. The van der Waals surface area contributed by atoms with Crippen molar-refractivity contribution in [2.24, 2.45) is 5.84 Å². The van der Waals surface area contributed by atoms with Crippen molar-refractivity contribution in [3.05, 3.63) is 29.8 Å². The van der Waals surface area contributed by atoms with Crippen molar-refractivity contribution in [1.29, 1.82) is 0 Å². The van der Waals surface area contributed by atoms with Gasteiger partial charge < -0.3 is 14.2 Å². The van der Waals surface area contributed by atoms with Crippen LogP contribution in [0.5, 0.6) is 5.75 Å². The molecule has 8 heteroatoms. The van der Waals surface area contributed by atoms with Crippen LogP contribution < -0.4 is 16.0 Å². The van der Waals surface area contributed by atoms with Crippen LogP contribution in [0.1, 0.15) is 18.0 Å². The fourth-order valence-electron chi connectivity index (χ4n) is 1.72. The van der Waals surface area contributed by atoms with Gasteiger partial charge in [-0.3, -0.25) is 11.3 Å². The second-order valence-corrected chi connectivity index (χ2v) is 4.23. The van der Waals surface area contributed by atoms with E-state index in [9.17, 15) is 13.2 Å². The lowest BCUT2D eigenvalue weighted by molar-refractivity contribution is -0.274. The van der Waals surface area contributed by atoms with Crippen LogP contribution in [0.15, 0.2) is 24.3 Å². The summed E-state index contributed by atoms with van der Waals surface area (Å²) < 4.78 is 50.6. The number of methoxy groups -OCH3 is 1. The molecule has 0 aliphatic carbocycles. The van der Waals surface area contributed by atoms with E-state index in [0.29, 0.717) is 31.8 Å². The Morgan fingerprint density at radius 2 is 2.00 bits per heavy atom. The number of nitrogens with one attached hydrogen (secondary N) is 1. The fraction of sp³-hybridized carbons (Fsp3) is 0.538. The Morgan fingerprint density at radius 3 is 2.62 bits per heavy atom. The number of halogens is 3. The van der Waals surface area contributed by atoms with Gasteiger partial charge in [-0.1, -0.05) is 12.1 Å². The average molecular weight is 308 g/mol. The smallest absolute Gasteiger partial charge is 0.406 e. The summed E-state index contributed by atoms with van der Waals surface area (Å²) in [4.78, 5) is 0. The lowest BCUT2D eigenvalue weighted by atomic mass is 10.0. The Kier molecular flexibility index (Phi) is 7.44. The summed E-state index contributed by atoms with van der Waals surface area (Å²) in [7, 11) is 1.57. The Labute approximate surface area is 121 Å². The van der Waals surface area contributed by atoms with E-state index in [-0.39, 0.29) is 11.8 Å². The van der Waals surface area contributed by atoms with Gasteiger partial charge >= 0.3 is 6.36 Å². The van der Waals surface area contributed by atoms with Crippen molar-refractivity contribution < 1.29 is 27.4 Å². The molecule has 0 aliphatic rings. The minimum Gasteiger partial charge on any atom is -0.406 e. The summed E-state index contributed by atoms with van der Waals surface area (Å²) in [5, 5.41) is 0. The van der Waals surface area contributed by atoms with Crippen molar-refractivity contribution in [2.45, 2.75) is 18.8 Å². The van der Waals surface area contributed by atoms with Crippen LogP contribution in [-0.4, -0.2) is 33.3 Å². The lowest BCUT2D eigenvalue weighted by Crippen LogP contribution is -2.29. The number of nitrogens with two attached hydrogens (primary N) is 1. The summed E-state index contributed by atoms with van der Waals surface area (Å²) in [6, 6.07) is 5.35. The van der Waals surface area contributed by atoms with Crippen LogP contribution in [-0.2, 0) is 9.47 Å². The van der Waals surface area contributed by atoms with E-state index in [0.717, 1.165) is 0 Å². The minimum atomic E-state index is -4.71. The second-order valence-electron chi connectivity index (χ2n) is 4.23. The van der Waals surface area contributed by atoms with E-state index in [4.69, 9.17) is 15.3 Å². The molecule has 5 nitrogen and oxygen atoms in total. The van der Waals surface area contributed by atoms with Gasteiger partial charge in [-0.25, -0.2) is 0 Å². The Morgan fingerprint density at radius 1 is 1.24 bits per heavy atom. The van der Waals surface area contributed by atoms with Crippen LogP contribution in [0.3, 0.4) is 0 Å². The molecule has 0 heterocycles. The standard InChI is InChI=1S/C13H19F3N2O3/c1-19-7-8-20-6-5-12(18-17)10-3-2-4-11(9-10)21-13(14,15)16/h2-4,9,12,18H,5-8,17H2,1H3. The van der Waals surface area contributed by atoms with Crippen molar-refractivity contribution >= 4 is 0 Å². The Balaban J connectivity index is 2.57. The summed E-state index contributed by atoms with van der Waals surface area (Å²) in [5.41, 5.74) is 3.14. The maximum atomic E-state index is 12.2. The highest BCUT2D eigenvalue weighted by Crippen LogP contribution is 2.26. The first-order valence-electron chi connectivity index (χ1n) is 6.35. The number of ether oxygens (including phenoxy) is 3. The maximum absolute atomic E-state index is 12.2. The van der Waals surface area contributed by atoms with Gasteiger partial charge in [0, 0.05) is 19.8 Å². The first kappa shape index (κ1) is 17.7. The highest BCUT2D eigenvalue weighted by molar-refractivity contribution is 5.30. The van der Waals surface area contributed by atoms with Gasteiger partial charge in [0.25, 0.3) is 0 Å². The van der Waals surface area contributed by atoms with Gasteiger partial charge in [-0.15, -0.1) is 13.2 Å². The molecule has 0 radical (unpaired) electrons. The third-order valence-corrected chi connectivity index (χ3v) is 2.68. The molecule has 1 rings (SSSR count). The van der Waals surface area contributed by atoms with Crippen molar-refractivity contribution in [1.82, 2.24) is 5.43 Å². The first-order chi connectivity index (χ1) is 9.96. The Bertz CT molecular complexity index is 416. The predicted molar refractivity (Wildman–Crippen MR) is 70.5 cm³/mol. The maximum Gasteiger partial charge on any atom is 0.573 e. The summed E-state index contributed by atoms with van der Waals surface area (Å²) in [6.45, 7) is 1.34. The molecule has 1 atom stereocenters. The van der Waals surface area contributed by atoms with E-state index in [1.807, 2.05) is 0 Å². The monoisotopic (exact) mass is 308 g/mol. The SMILES string of the molecule is COCCOCCC(NN)c1cccc(OC(F)(F)F)c1. The van der Waals surface area contributed by atoms with E-state index < -0.39 is 6.36 Å². The van der Waals surface area contributed by atoms with Crippen molar-refractivity contribution in [3.8, 4) is 5.75 Å². The molecule has 120 valence electrons. The number of rotatable bonds is 9. The molecule has 0 saturated heterocycles. The molecular formula is C13H19F3N2O3. The molecule has 0 spiro atoms. The van der Waals surface area contributed by atoms with E-state index in [1.165, 1.54) is 18.2 Å². The predicted octanol–water partition coefficient (Wildman–Crippen LogP) is 2.14. The zero-order chi connectivity index (χ0) is 15.7. The Hall–Kier alpha value is -1.35. The summed E-state index contributed by atoms with van der Waals surface area (Å²) >= 11 is 0. The molecule has 3 N–H and O–H groups in total. The van der Waals surface area contributed by atoms with Crippen LogP contribution >= 0.6 is 0 Å². The summed E-state index contributed by atoms with van der Waals surface area (Å²) in [5.74, 6) is 5.15. The minimum absolute atomic E-state index is 0.277. The number of hydrazine groups is 1. The van der Waals surface area contributed by atoms with Crippen molar-refractivity contribution in [2.75, 3.05) is 26.9 Å². The second kappa shape index (κ2) is 8.83. The van der Waals surface area contributed by atoms with Crippen molar-refractivity contribution in [3.63, 3.8) is 0 Å². The van der Waals surface area contributed by atoms with E-state index >= 15 is 0 Å². The van der Waals surface area contributed by atoms with Crippen LogP contribution in [0.4, 0.5) is 13.2 Å². The molecule has 21 heavy (non-hydrogen) atoms. The van der Waals surface area contributed by atoms with Gasteiger partial charge in [0.2, 0.25) is 0 Å². The van der Waals surface area contributed by atoms with Crippen LogP contribution in [0.2, 0.25) is 0 Å². The summed E-state index contributed by atoms with van der Waals surface area (Å²) in [6.07, 6.45) is -4.21. The first-order valence-corrected chi connectivity index (χ1v) is 6.35. The molecular weight excluding hydrogens is 289 g/mol. The quantitative estimate of drug-likeness (QED) is 0.416. The van der Waals surface area contributed by atoms with Gasteiger partial charge in [0.05, 0.1) is 13.2 Å². The third-order valence-electron chi connectivity index (χ3n) is 2.68. The van der Waals surface area contributed by atoms with E-state index in [1.54, 1.807) is 13.2 Å². The lowest BCUT2D eigenvalue weighted by Gasteiger charge is -2.17. The molecule has 0 saturated carbocycles. The number of hydrogen-bond acceptors (Lipinski definition) is 5. The molecule has 1 aromatic carbocycles.